The minimum atomic E-state index is -1.16. The van der Waals surface area contributed by atoms with Gasteiger partial charge in [0.05, 0.1) is 6.61 Å². The highest BCUT2D eigenvalue weighted by Crippen LogP contribution is 2.57. The van der Waals surface area contributed by atoms with Crippen molar-refractivity contribution in [3.63, 3.8) is 0 Å². The van der Waals surface area contributed by atoms with Crippen LogP contribution in [0.25, 0.3) is 0 Å². The lowest BCUT2D eigenvalue weighted by molar-refractivity contribution is -0.256. The third-order valence-corrected chi connectivity index (χ3v) is 6.23. The molecule has 2 amide bonds. The smallest absolute Gasteiger partial charge is 0.259 e. The van der Waals surface area contributed by atoms with Crippen molar-refractivity contribution in [3.05, 3.63) is 71.8 Å². The van der Waals surface area contributed by atoms with E-state index < -0.39 is 23.6 Å². The highest BCUT2D eigenvalue weighted by molar-refractivity contribution is 6.00. The molecule has 3 saturated heterocycles. The molecule has 28 heavy (non-hydrogen) atoms. The minimum absolute atomic E-state index is 0.105. The third-order valence-electron chi connectivity index (χ3n) is 6.23. The van der Waals surface area contributed by atoms with Gasteiger partial charge in [-0.2, -0.15) is 0 Å². The predicted octanol–water partition coefficient (Wildman–Crippen LogP) is 2.42. The molecule has 0 bridgehead atoms. The van der Waals surface area contributed by atoms with Crippen molar-refractivity contribution < 1.29 is 19.1 Å². The van der Waals surface area contributed by atoms with Crippen LogP contribution < -0.4 is 0 Å². The summed E-state index contributed by atoms with van der Waals surface area (Å²) in [6.07, 6.45) is -1.26. The van der Waals surface area contributed by atoms with Crippen LogP contribution in [-0.2, 0) is 24.8 Å². The molecule has 2 aromatic rings. The molecule has 0 spiro atoms. The van der Waals surface area contributed by atoms with E-state index in [0.717, 1.165) is 11.1 Å². The predicted molar refractivity (Wildman–Crippen MR) is 101 cm³/mol. The number of rotatable bonds is 3. The van der Waals surface area contributed by atoms with Gasteiger partial charge >= 0.3 is 0 Å². The Morgan fingerprint density at radius 2 is 1.64 bits per heavy atom. The Hall–Kier alpha value is -2.70. The molecule has 3 heterocycles. The molecule has 0 N–H and O–H groups in total. The Bertz CT molecular complexity index is 934. The second kappa shape index (κ2) is 5.90. The summed E-state index contributed by atoms with van der Waals surface area (Å²) in [5, 5.41) is 0. The zero-order valence-corrected chi connectivity index (χ0v) is 15.9. The third kappa shape index (κ3) is 1.94. The van der Waals surface area contributed by atoms with Crippen molar-refractivity contribution in [2.75, 3.05) is 13.2 Å². The number of nitrogens with zero attached hydrogens (tertiary/aromatic N) is 2. The van der Waals surface area contributed by atoms with Crippen LogP contribution in [0.3, 0.4) is 0 Å². The van der Waals surface area contributed by atoms with Gasteiger partial charge in [-0.3, -0.25) is 14.5 Å². The summed E-state index contributed by atoms with van der Waals surface area (Å²) in [7, 11) is 0. The molecule has 5 rings (SSSR count). The number of β-lactam (4-membered cyclic amide) rings is 1. The van der Waals surface area contributed by atoms with Crippen LogP contribution in [0.1, 0.15) is 31.1 Å². The monoisotopic (exact) mass is 378 g/mol. The zero-order valence-electron chi connectivity index (χ0n) is 15.9. The largest absolute Gasteiger partial charge is 0.347 e. The molecule has 0 radical (unpaired) electrons. The van der Waals surface area contributed by atoms with E-state index in [1.54, 1.807) is 16.7 Å². The fourth-order valence-electron chi connectivity index (χ4n) is 5.03. The van der Waals surface area contributed by atoms with Gasteiger partial charge in [-0.25, -0.2) is 0 Å². The van der Waals surface area contributed by atoms with E-state index in [1.165, 1.54) is 0 Å². The van der Waals surface area contributed by atoms with Gasteiger partial charge in [0.1, 0.15) is 6.23 Å². The Labute approximate surface area is 163 Å². The van der Waals surface area contributed by atoms with Crippen LogP contribution >= 0.6 is 0 Å². The summed E-state index contributed by atoms with van der Waals surface area (Å²) in [6.45, 7) is 4.57. The molecule has 0 aromatic heterocycles. The molecule has 0 saturated carbocycles. The summed E-state index contributed by atoms with van der Waals surface area (Å²) in [6, 6.07) is 19.1. The SMILES string of the molecule is C[C@H]1O[C@H](c2ccccc2)C(=O)N1[C@]1(C)C(=O)N2CCO[C@@]21c1ccccc1. The van der Waals surface area contributed by atoms with Crippen LogP contribution in [0.2, 0.25) is 0 Å². The summed E-state index contributed by atoms with van der Waals surface area (Å²) >= 11 is 0. The lowest BCUT2D eigenvalue weighted by Gasteiger charge is -2.62. The lowest BCUT2D eigenvalue weighted by Crippen LogP contribution is -2.83. The molecule has 3 aliphatic heterocycles. The molecule has 0 aliphatic carbocycles. The molecule has 6 heteroatoms. The highest BCUT2D eigenvalue weighted by atomic mass is 16.6. The van der Waals surface area contributed by atoms with Gasteiger partial charge in [-0.1, -0.05) is 60.7 Å². The number of amides is 2. The van der Waals surface area contributed by atoms with Crippen LogP contribution in [0.4, 0.5) is 0 Å². The summed E-state index contributed by atoms with van der Waals surface area (Å²) in [5.41, 5.74) is -0.484. The van der Waals surface area contributed by atoms with Crippen molar-refractivity contribution >= 4 is 11.8 Å². The van der Waals surface area contributed by atoms with Gasteiger partial charge in [-0.15, -0.1) is 0 Å². The summed E-state index contributed by atoms with van der Waals surface area (Å²) in [4.78, 5) is 30.0. The van der Waals surface area contributed by atoms with Crippen molar-refractivity contribution in [1.82, 2.24) is 9.80 Å². The van der Waals surface area contributed by atoms with Gasteiger partial charge in [0.2, 0.25) is 5.72 Å². The average Bonchev–Trinajstić information content (AvgIpc) is 3.28. The summed E-state index contributed by atoms with van der Waals surface area (Å²) < 4.78 is 12.2. The number of fused-ring (bicyclic) bond motifs is 1. The first-order valence-corrected chi connectivity index (χ1v) is 9.57. The molecule has 4 atom stereocenters. The maximum absolute atomic E-state index is 13.4. The normalized spacial score (nSPS) is 34.5. The molecule has 3 fully saturated rings. The van der Waals surface area contributed by atoms with E-state index in [1.807, 2.05) is 67.6 Å². The standard InChI is InChI=1S/C22H22N2O4/c1-15-24(19(25)18(28-15)16-9-5-3-6-10-16)21(2)20(26)23-13-14-27-22(21,23)17-11-7-4-8-12-17/h3-12,15,18H,13-14H2,1-2H3/t15-,18-,21-,22-/m1/s1. The van der Waals surface area contributed by atoms with Crippen molar-refractivity contribution in [2.45, 2.75) is 37.4 Å². The fraction of sp³-hybridized carbons (Fsp3) is 0.364. The first-order valence-electron chi connectivity index (χ1n) is 9.57. The number of carbonyl (C=O) groups excluding carboxylic acids is 2. The van der Waals surface area contributed by atoms with Crippen molar-refractivity contribution in [2.24, 2.45) is 0 Å². The molecule has 3 aliphatic rings. The highest BCUT2D eigenvalue weighted by Gasteiger charge is 2.77. The molecule has 144 valence electrons. The van der Waals surface area contributed by atoms with Gasteiger partial charge in [0.25, 0.3) is 11.8 Å². The average molecular weight is 378 g/mol. The number of hydrogen-bond acceptors (Lipinski definition) is 4. The number of benzene rings is 2. The Kier molecular flexibility index (Phi) is 3.66. The van der Waals surface area contributed by atoms with E-state index in [2.05, 4.69) is 0 Å². The van der Waals surface area contributed by atoms with E-state index >= 15 is 0 Å². The maximum atomic E-state index is 13.4. The lowest BCUT2D eigenvalue weighted by atomic mass is 9.71. The maximum Gasteiger partial charge on any atom is 0.259 e. The fourth-order valence-corrected chi connectivity index (χ4v) is 5.03. The van der Waals surface area contributed by atoms with Gasteiger partial charge in [-0.05, 0) is 19.4 Å². The Morgan fingerprint density at radius 3 is 2.32 bits per heavy atom. The number of carbonyl (C=O) groups is 2. The summed E-state index contributed by atoms with van der Waals surface area (Å²) in [5.74, 6) is -0.314. The van der Waals surface area contributed by atoms with Crippen molar-refractivity contribution in [1.29, 1.82) is 0 Å². The van der Waals surface area contributed by atoms with Crippen LogP contribution in [0, 0.1) is 0 Å². The molecular formula is C22H22N2O4. The molecule has 0 unspecified atom stereocenters. The molecule has 2 aromatic carbocycles. The number of ether oxygens (including phenoxy) is 2. The van der Waals surface area contributed by atoms with Crippen LogP contribution in [0.5, 0.6) is 0 Å². The Morgan fingerprint density at radius 1 is 1.00 bits per heavy atom. The van der Waals surface area contributed by atoms with E-state index in [-0.39, 0.29) is 11.8 Å². The van der Waals surface area contributed by atoms with Gasteiger partial charge < -0.3 is 14.4 Å². The quantitative estimate of drug-likeness (QED) is 0.770. The van der Waals surface area contributed by atoms with E-state index in [4.69, 9.17) is 9.47 Å². The molecular weight excluding hydrogens is 356 g/mol. The topological polar surface area (TPSA) is 59.1 Å². The van der Waals surface area contributed by atoms with Crippen LogP contribution in [0.15, 0.2) is 60.7 Å². The zero-order chi connectivity index (χ0) is 19.5. The van der Waals surface area contributed by atoms with E-state index in [0.29, 0.717) is 13.2 Å². The Balaban J connectivity index is 1.59. The first-order chi connectivity index (χ1) is 13.5. The second-order valence-corrected chi connectivity index (χ2v) is 7.62. The van der Waals surface area contributed by atoms with Gasteiger partial charge in [0, 0.05) is 12.1 Å². The van der Waals surface area contributed by atoms with Gasteiger partial charge in [0.15, 0.2) is 11.6 Å². The van der Waals surface area contributed by atoms with Crippen molar-refractivity contribution in [3.8, 4) is 0 Å². The first kappa shape index (κ1) is 17.4. The molecule has 6 nitrogen and oxygen atoms in total. The van der Waals surface area contributed by atoms with E-state index in [9.17, 15) is 9.59 Å². The van der Waals surface area contributed by atoms with Crippen LogP contribution in [-0.4, -0.2) is 46.5 Å². The minimum Gasteiger partial charge on any atom is -0.347 e. The second-order valence-electron chi connectivity index (χ2n) is 7.62. The number of hydrogen-bond donors (Lipinski definition) is 0.